The highest BCUT2D eigenvalue weighted by Gasteiger charge is 1.87. The Balaban J connectivity index is 2.71. The highest BCUT2D eigenvalue weighted by molar-refractivity contribution is 5.47. The van der Waals surface area contributed by atoms with Gasteiger partial charge in [-0.3, -0.25) is 0 Å². The molecule has 60 valence electrons. The molecule has 1 aromatic heterocycles. The molecule has 0 aliphatic heterocycles. The fourth-order valence-electron chi connectivity index (χ4n) is 0.794. The van der Waals surface area contributed by atoms with Crippen LogP contribution in [-0.2, 0) is 0 Å². The molecule has 0 aliphatic carbocycles. The third-order valence-electron chi connectivity index (χ3n) is 1.29. The molecular weight excluding hydrogens is 150 g/mol. The van der Waals surface area contributed by atoms with E-state index in [4.69, 9.17) is 11.0 Å². The highest BCUT2D eigenvalue weighted by Crippen LogP contribution is 2.02. The summed E-state index contributed by atoms with van der Waals surface area (Å²) in [4.78, 5) is 4.03. The summed E-state index contributed by atoms with van der Waals surface area (Å²) in [6.45, 7) is 0. The SMILES string of the molecule is N#CCC=Cc1cccc(N)n1. The molecule has 0 spiro atoms. The summed E-state index contributed by atoms with van der Waals surface area (Å²) >= 11 is 0. The number of aromatic nitrogens is 1. The van der Waals surface area contributed by atoms with Gasteiger partial charge in [-0.15, -0.1) is 0 Å². The van der Waals surface area contributed by atoms with Gasteiger partial charge in [0.15, 0.2) is 0 Å². The molecule has 0 aliphatic rings. The highest BCUT2D eigenvalue weighted by atomic mass is 14.8. The quantitative estimate of drug-likeness (QED) is 0.712. The van der Waals surface area contributed by atoms with E-state index in [2.05, 4.69) is 4.98 Å². The first-order valence-corrected chi connectivity index (χ1v) is 3.59. The number of rotatable bonds is 2. The van der Waals surface area contributed by atoms with E-state index in [0.717, 1.165) is 5.69 Å². The zero-order valence-electron chi connectivity index (χ0n) is 6.57. The molecule has 0 saturated heterocycles. The van der Waals surface area contributed by atoms with E-state index in [-0.39, 0.29) is 0 Å². The Morgan fingerprint density at radius 2 is 2.42 bits per heavy atom. The summed E-state index contributed by atoms with van der Waals surface area (Å²) in [6, 6.07) is 7.40. The van der Waals surface area contributed by atoms with E-state index in [0.29, 0.717) is 12.2 Å². The Morgan fingerprint density at radius 3 is 3.08 bits per heavy atom. The molecule has 0 amide bonds. The van der Waals surface area contributed by atoms with Gasteiger partial charge < -0.3 is 5.73 Å². The fraction of sp³-hybridized carbons (Fsp3) is 0.111. The van der Waals surface area contributed by atoms with Crippen molar-refractivity contribution >= 4 is 11.9 Å². The van der Waals surface area contributed by atoms with Crippen molar-refractivity contribution in [3.05, 3.63) is 30.0 Å². The number of nitrogens with zero attached hydrogens (tertiary/aromatic N) is 2. The number of anilines is 1. The van der Waals surface area contributed by atoms with Crippen LogP contribution in [0.5, 0.6) is 0 Å². The fourth-order valence-corrected chi connectivity index (χ4v) is 0.794. The van der Waals surface area contributed by atoms with Crippen LogP contribution in [0.3, 0.4) is 0 Å². The molecule has 0 aromatic carbocycles. The number of nitrogen functional groups attached to an aromatic ring is 1. The van der Waals surface area contributed by atoms with Gasteiger partial charge >= 0.3 is 0 Å². The lowest BCUT2D eigenvalue weighted by Gasteiger charge is -1.92. The Kier molecular flexibility index (Phi) is 2.86. The van der Waals surface area contributed by atoms with Crippen molar-refractivity contribution in [2.24, 2.45) is 0 Å². The minimum Gasteiger partial charge on any atom is -0.384 e. The summed E-state index contributed by atoms with van der Waals surface area (Å²) in [5.41, 5.74) is 6.24. The number of allylic oxidation sites excluding steroid dienone is 1. The standard InChI is InChI=1S/C9H9N3/c10-7-2-1-4-8-5-3-6-9(11)12-8/h1,3-6H,2H2,(H2,11,12). The van der Waals surface area contributed by atoms with Gasteiger partial charge in [-0.25, -0.2) is 4.98 Å². The smallest absolute Gasteiger partial charge is 0.124 e. The summed E-state index contributed by atoms with van der Waals surface area (Å²) in [5.74, 6) is 0.495. The van der Waals surface area contributed by atoms with Crippen LogP contribution in [0.2, 0.25) is 0 Å². The van der Waals surface area contributed by atoms with Crippen LogP contribution in [0, 0.1) is 11.3 Å². The van der Waals surface area contributed by atoms with Gasteiger partial charge in [0.05, 0.1) is 18.2 Å². The number of nitriles is 1. The van der Waals surface area contributed by atoms with Crippen molar-refractivity contribution in [1.82, 2.24) is 4.98 Å². The first-order chi connectivity index (χ1) is 5.83. The topological polar surface area (TPSA) is 62.7 Å². The van der Waals surface area contributed by atoms with E-state index < -0.39 is 0 Å². The van der Waals surface area contributed by atoms with Crippen LogP contribution >= 0.6 is 0 Å². The van der Waals surface area contributed by atoms with Gasteiger partial charge in [-0.05, 0) is 18.2 Å². The lowest BCUT2D eigenvalue weighted by molar-refractivity contribution is 1.29. The molecule has 1 heterocycles. The van der Waals surface area contributed by atoms with Gasteiger partial charge in [0, 0.05) is 0 Å². The molecule has 2 N–H and O–H groups in total. The predicted octanol–water partition coefficient (Wildman–Crippen LogP) is 1.59. The van der Waals surface area contributed by atoms with Gasteiger partial charge in [-0.2, -0.15) is 5.26 Å². The van der Waals surface area contributed by atoms with Crippen LogP contribution in [0.25, 0.3) is 6.08 Å². The van der Waals surface area contributed by atoms with Crippen molar-refractivity contribution in [2.75, 3.05) is 5.73 Å². The molecule has 3 nitrogen and oxygen atoms in total. The molecular formula is C9H9N3. The van der Waals surface area contributed by atoms with Gasteiger partial charge in [0.2, 0.25) is 0 Å². The molecule has 0 unspecified atom stereocenters. The maximum Gasteiger partial charge on any atom is 0.124 e. The molecule has 0 fully saturated rings. The molecule has 0 bridgehead atoms. The molecule has 0 saturated carbocycles. The number of hydrogen-bond donors (Lipinski definition) is 1. The summed E-state index contributed by atoms with van der Waals surface area (Å²) in [5, 5.41) is 8.25. The van der Waals surface area contributed by atoms with E-state index in [1.165, 1.54) is 0 Å². The second-order valence-electron chi connectivity index (χ2n) is 2.25. The molecule has 12 heavy (non-hydrogen) atoms. The summed E-state index contributed by atoms with van der Waals surface area (Å²) in [7, 11) is 0. The zero-order valence-corrected chi connectivity index (χ0v) is 6.57. The Hall–Kier alpha value is -1.82. The van der Waals surface area contributed by atoms with Gasteiger partial charge in [0.25, 0.3) is 0 Å². The van der Waals surface area contributed by atoms with Crippen LogP contribution < -0.4 is 5.73 Å². The average Bonchev–Trinajstić information content (AvgIpc) is 2.05. The van der Waals surface area contributed by atoms with Crippen LogP contribution in [0.15, 0.2) is 24.3 Å². The number of nitrogens with two attached hydrogens (primary N) is 1. The van der Waals surface area contributed by atoms with Crippen molar-refractivity contribution < 1.29 is 0 Å². The van der Waals surface area contributed by atoms with Crippen LogP contribution in [0.4, 0.5) is 5.82 Å². The van der Waals surface area contributed by atoms with Crippen LogP contribution in [0.1, 0.15) is 12.1 Å². The molecule has 1 rings (SSSR count). The summed E-state index contributed by atoms with van der Waals surface area (Å²) in [6.07, 6.45) is 3.93. The van der Waals surface area contributed by atoms with Crippen molar-refractivity contribution in [2.45, 2.75) is 6.42 Å². The lowest BCUT2D eigenvalue weighted by Crippen LogP contribution is -1.89. The second kappa shape index (κ2) is 4.14. The Bertz CT molecular complexity index is 323. The predicted molar refractivity (Wildman–Crippen MR) is 47.9 cm³/mol. The minimum absolute atomic E-state index is 0.399. The molecule has 3 heteroatoms. The number of pyridine rings is 1. The van der Waals surface area contributed by atoms with Crippen molar-refractivity contribution in [1.29, 1.82) is 5.26 Å². The zero-order chi connectivity index (χ0) is 8.81. The largest absolute Gasteiger partial charge is 0.384 e. The first kappa shape index (κ1) is 8.28. The maximum absolute atomic E-state index is 8.25. The first-order valence-electron chi connectivity index (χ1n) is 3.59. The summed E-state index contributed by atoms with van der Waals surface area (Å²) < 4.78 is 0. The molecule has 0 atom stereocenters. The van der Waals surface area contributed by atoms with Gasteiger partial charge in [-0.1, -0.05) is 12.1 Å². The van der Waals surface area contributed by atoms with Crippen molar-refractivity contribution in [3.63, 3.8) is 0 Å². The lowest BCUT2D eigenvalue weighted by atomic mass is 10.3. The van der Waals surface area contributed by atoms with E-state index in [9.17, 15) is 0 Å². The normalized spacial score (nSPS) is 9.92. The third-order valence-corrected chi connectivity index (χ3v) is 1.29. The van der Waals surface area contributed by atoms with E-state index in [1.54, 1.807) is 18.2 Å². The average molecular weight is 159 g/mol. The van der Waals surface area contributed by atoms with Crippen molar-refractivity contribution in [3.8, 4) is 6.07 Å². The van der Waals surface area contributed by atoms with E-state index in [1.807, 2.05) is 18.2 Å². The minimum atomic E-state index is 0.399. The van der Waals surface area contributed by atoms with Gasteiger partial charge in [0.1, 0.15) is 5.82 Å². The monoisotopic (exact) mass is 159 g/mol. The Morgan fingerprint density at radius 1 is 1.58 bits per heavy atom. The molecule has 1 aromatic rings. The third kappa shape index (κ3) is 2.43. The molecule has 0 radical (unpaired) electrons. The second-order valence-corrected chi connectivity index (χ2v) is 2.25. The maximum atomic E-state index is 8.25. The Labute approximate surface area is 71.2 Å². The van der Waals surface area contributed by atoms with Crippen LogP contribution in [-0.4, -0.2) is 4.98 Å². The van der Waals surface area contributed by atoms with E-state index >= 15 is 0 Å². The number of hydrogen-bond acceptors (Lipinski definition) is 3.